The molecule has 0 saturated carbocycles. The Morgan fingerprint density at radius 1 is 1.71 bits per heavy atom. The number of oxazole rings is 1. The van der Waals surface area contributed by atoms with E-state index in [1.807, 2.05) is 7.05 Å². The van der Waals surface area contributed by atoms with E-state index in [9.17, 15) is 4.79 Å². The predicted molar refractivity (Wildman–Crippen MR) is 44.6 cm³/mol. The normalized spacial score (nSPS) is 15.8. The van der Waals surface area contributed by atoms with E-state index < -0.39 is 5.97 Å². The third kappa shape index (κ3) is 2.00. The van der Waals surface area contributed by atoms with Crippen molar-refractivity contribution < 1.29 is 34.6 Å². The SMILES string of the molecule is CN1CCc2nc(C(=O)O)oc2C1.[H-].[Li+]. The molecule has 1 aromatic heterocycles. The van der Waals surface area contributed by atoms with Gasteiger partial charge in [0.15, 0.2) is 0 Å². The number of hydrogen-bond donors (Lipinski definition) is 1. The molecule has 1 aliphatic heterocycles. The molecule has 72 valence electrons. The Morgan fingerprint density at radius 2 is 2.43 bits per heavy atom. The van der Waals surface area contributed by atoms with Crippen LogP contribution in [0.2, 0.25) is 0 Å². The molecule has 0 aromatic carbocycles. The van der Waals surface area contributed by atoms with Crippen LogP contribution in [0.25, 0.3) is 0 Å². The second-order valence-electron chi connectivity index (χ2n) is 3.18. The smallest absolute Gasteiger partial charge is 1.00 e. The number of fused-ring (bicyclic) bond motifs is 1. The summed E-state index contributed by atoms with van der Waals surface area (Å²) in [7, 11) is 1.96. The molecule has 6 heteroatoms. The monoisotopic (exact) mass is 190 g/mol. The van der Waals surface area contributed by atoms with E-state index in [-0.39, 0.29) is 26.2 Å². The van der Waals surface area contributed by atoms with Gasteiger partial charge in [0.25, 0.3) is 0 Å². The Morgan fingerprint density at radius 3 is 3.07 bits per heavy atom. The van der Waals surface area contributed by atoms with Crippen molar-refractivity contribution in [3.63, 3.8) is 0 Å². The molecule has 1 aliphatic rings. The van der Waals surface area contributed by atoms with E-state index in [0.717, 1.165) is 18.7 Å². The van der Waals surface area contributed by atoms with Crippen LogP contribution in [-0.2, 0) is 13.0 Å². The summed E-state index contributed by atoms with van der Waals surface area (Å²) in [5, 5.41) is 8.63. The minimum absolute atomic E-state index is 0. The molecule has 1 N–H and O–H groups in total. The minimum Gasteiger partial charge on any atom is -1.00 e. The first-order chi connectivity index (χ1) is 6.16. The number of aromatic carboxylic acids is 1. The summed E-state index contributed by atoms with van der Waals surface area (Å²) in [5.74, 6) is -0.608. The Bertz CT molecular complexity index is 356. The van der Waals surface area contributed by atoms with Crippen LogP contribution in [0.1, 0.15) is 23.6 Å². The summed E-state index contributed by atoms with van der Waals surface area (Å²) >= 11 is 0. The predicted octanol–water partition coefficient (Wildman–Crippen LogP) is -2.52. The summed E-state index contributed by atoms with van der Waals surface area (Å²) in [4.78, 5) is 16.5. The van der Waals surface area contributed by atoms with Crippen molar-refractivity contribution in [2.75, 3.05) is 13.6 Å². The van der Waals surface area contributed by atoms with Crippen molar-refractivity contribution >= 4 is 5.97 Å². The van der Waals surface area contributed by atoms with Gasteiger partial charge in [0.05, 0.1) is 12.2 Å². The summed E-state index contributed by atoms with van der Waals surface area (Å²) in [6, 6.07) is 0. The van der Waals surface area contributed by atoms with Crippen molar-refractivity contribution in [3.05, 3.63) is 17.3 Å². The topological polar surface area (TPSA) is 66.6 Å². The maximum atomic E-state index is 10.5. The van der Waals surface area contributed by atoms with Gasteiger partial charge in [0.2, 0.25) is 0 Å². The van der Waals surface area contributed by atoms with Crippen molar-refractivity contribution in [2.24, 2.45) is 0 Å². The third-order valence-corrected chi connectivity index (χ3v) is 2.11. The van der Waals surface area contributed by atoms with Crippen molar-refractivity contribution in [3.8, 4) is 0 Å². The molecule has 5 nitrogen and oxygen atoms in total. The fourth-order valence-corrected chi connectivity index (χ4v) is 1.41. The second-order valence-corrected chi connectivity index (χ2v) is 3.18. The van der Waals surface area contributed by atoms with Gasteiger partial charge >= 0.3 is 30.7 Å². The molecule has 0 saturated heterocycles. The van der Waals surface area contributed by atoms with Crippen LogP contribution in [0.3, 0.4) is 0 Å². The quantitative estimate of drug-likeness (QED) is 0.495. The van der Waals surface area contributed by atoms with Gasteiger partial charge in [0, 0.05) is 13.0 Å². The molecular weight excluding hydrogens is 179 g/mol. The number of aromatic nitrogens is 1. The van der Waals surface area contributed by atoms with Crippen LogP contribution >= 0.6 is 0 Å². The Hall–Kier alpha value is -0.763. The standard InChI is InChI=1S/C8H10N2O3.Li.H/c1-10-3-2-5-6(4-10)13-7(9-5)8(11)12;;/h2-4H2,1H3,(H,11,12);;/q;+1;-1. The summed E-state index contributed by atoms with van der Waals surface area (Å²) < 4.78 is 5.09. The number of nitrogens with zero attached hydrogens (tertiary/aromatic N) is 2. The first-order valence-corrected chi connectivity index (χ1v) is 4.07. The van der Waals surface area contributed by atoms with Crippen LogP contribution in [0.4, 0.5) is 0 Å². The average molecular weight is 190 g/mol. The van der Waals surface area contributed by atoms with E-state index in [0.29, 0.717) is 12.3 Å². The molecule has 2 rings (SSSR count). The molecule has 0 fully saturated rings. The van der Waals surface area contributed by atoms with Gasteiger partial charge in [-0.3, -0.25) is 4.90 Å². The number of hydrogen-bond acceptors (Lipinski definition) is 4. The zero-order chi connectivity index (χ0) is 9.42. The van der Waals surface area contributed by atoms with Gasteiger partial charge in [-0.15, -0.1) is 0 Å². The van der Waals surface area contributed by atoms with E-state index in [1.54, 1.807) is 0 Å². The van der Waals surface area contributed by atoms with Crippen LogP contribution in [0, 0.1) is 0 Å². The number of carboxylic acids is 1. The number of likely N-dealkylation sites (N-methyl/N-ethyl adjacent to an activating group) is 1. The van der Waals surface area contributed by atoms with Crippen molar-refractivity contribution in [1.82, 2.24) is 9.88 Å². The molecule has 2 heterocycles. The molecule has 0 spiro atoms. The summed E-state index contributed by atoms with van der Waals surface area (Å²) in [6.07, 6.45) is 0.766. The van der Waals surface area contributed by atoms with Gasteiger partial charge in [0.1, 0.15) is 5.76 Å². The second kappa shape index (κ2) is 4.18. The zero-order valence-electron chi connectivity index (χ0n) is 9.28. The largest absolute Gasteiger partial charge is 1.00 e. The van der Waals surface area contributed by atoms with Gasteiger partial charge in [-0.1, -0.05) is 0 Å². The van der Waals surface area contributed by atoms with E-state index in [4.69, 9.17) is 9.52 Å². The van der Waals surface area contributed by atoms with Gasteiger partial charge in [-0.25, -0.2) is 9.78 Å². The summed E-state index contributed by atoms with van der Waals surface area (Å²) in [6.45, 7) is 1.55. The Kier molecular flexibility index (Phi) is 3.37. The summed E-state index contributed by atoms with van der Waals surface area (Å²) in [5.41, 5.74) is 0.788. The Balaban J connectivity index is 0.000000980. The number of carbonyl (C=O) groups is 1. The van der Waals surface area contributed by atoms with Crippen LogP contribution in [-0.4, -0.2) is 34.6 Å². The molecule has 14 heavy (non-hydrogen) atoms. The maximum absolute atomic E-state index is 10.5. The van der Waals surface area contributed by atoms with Gasteiger partial charge in [-0.2, -0.15) is 0 Å². The minimum atomic E-state index is -1.10. The fraction of sp³-hybridized carbons (Fsp3) is 0.500. The van der Waals surface area contributed by atoms with Crippen molar-refractivity contribution in [2.45, 2.75) is 13.0 Å². The molecule has 0 amide bonds. The van der Waals surface area contributed by atoms with Gasteiger partial charge in [-0.05, 0) is 7.05 Å². The first-order valence-electron chi connectivity index (χ1n) is 4.07. The average Bonchev–Trinajstić information content (AvgIpc) is 2.46. The first kappa shape index (κ1) is 11.3. The van der Waals surface area contributed by atoms with Crippen LogP contribution < -0.4 is 18.9 Å². The molecule has 0 atom stereocenters. The van der Waals surface area contributed by atoms with Crippen LogP contribution in [0.5, 0.6) is 0 Å². The van der Waals surface area contributed by atoms with Crippen LogP contribution in [0.15, 0.2) is 4.42 Å². The molecule has 0 bridgehead atoms. The number of carboxylic acid groups (broad SMARTS) is 1. The molecular formula is C8H11LiN2O3. The van der Waals surface area contributed by atoms with E-state index in [2.05, 4.69) is 9.88 Å². The molecule has 0 aliphatic carbocycles. The zero-order valence-corrected chi connectivity index (χ0v) is 8.28. The molecule has 0 unspecified atom stereocenters. The van der Waals surface area contributed by atoms with Crippen molar-refractivity contribution in [1.29, 1.82) is 0 Å². The van der Waals surface area contributed by atoms with E-state index in [1.165, 1.54) is 0 Å². The van der Waals surface area contributed by atoms with E-state index >= 15 is 0 Å². The third-order valence-electron chi connectivity index (χ3n) is 2.11. The van der Waals surface area contributed by atoms with Gasteiger partial charge < -0.3 is 11.0 Å². The maximum Gasteiger partial charge on any atom is 1.00 e. The molecule has 0 radical (unpaired) electrons. The Labute approximate surface area is 94.8 Å². The molecule has 1 aromatic rings. The fourth-order valence-electron chi connectivity index (χ4n) is 1.41. The number of rotatable bonds is 1.